The summed E-state index contributed by atoms with van der Waals surface area (Å²) in [6.45, 7) is 6.50. The van der Waals surface area contributed by atoms with E-state index in [9.17, 15) is 4.79 Å². The SMILES string of the molecule is CC(C)CN(CCN(C)C)C(=O)Nc1ccc(-n2ccnn2)cc1. The molecule has 0 radical (unpaired) electrons. The molecule has 0 unspecified atom stereocenters. The molecule has 7 heteroatoms. The number of nitrogens with zero attached hydrogens (tertiary/aromatic N) is 5. The Morgan fingerprint density at radius 2 is 1.92 bits per heavy atom. The summed E-state index contributed by atoms with van der Waals surface area (Å²) in [5.41, 5.74) is 1.67. The fraction of sp³-hybridized carbons (Fsp3) is 0.471. The minimum Gasteiger partial charge on any atom is -0.323 e. The Bertz CT molecular complexity index is 621. The second-order valence-corrected chi connectivity index (χ2v) is 6.47. The number of aromatic nitrogens is 3. The van der Waals surface area contributed by atoms with Gasteiger partial charge in [0.05, 0.1) is 18.1 Å². The average molecular weight is 330 g/mol. The molecule has 1 N–H and O–H groups in total. The Morgan fingerprint density at radius 1 is 1.21 bits per heavy atom. The van der Waals surface area contributed by atoms with Crippen LogP contribution in [0, 0.1) is 5.92 Å². The van der Waals surface area contributed by atoms with Crippen LogP contribution in [-0.4, -0.2) is 64.6 Å². The fourth-order valence-electron chi connectivity index (χ4n) is 2.28. The van der Waals surface area contributed by atoms with Gasteiger partial charge in [0.1, 0.15) is 0 Å². The smallest absolute Gasteiger partial charge is 0.321 e. The number of carbonyl (C=O) groups is 1. The monoisotopic (exact) mass is 330 g/mol. The number of anilines is 1. The average Bonchev–Trinajstić information content (AvgIpc) is 3.06. The molecule has 7 nitrogen and oxygen atoms in total. The summed E-state index contributed by atoms with van der Waals surface area (Å²) < 4.78 is 1.67. The normalized spacial score (nSPS) is 11.1. The van der Waals surface area contributed by atoms with E-state index in [-0.39, 0.29) is 6.03 Å². The van der Waals surface area contributed by atoms with Gasteiger partial charge in [-0.2, -0.15) is 0 Å². The van der Waals surface area contributed by atoms with Crippen molar-refractivity contribution in [3.8, 4) is 5.69 Å². The number of amides is 2. The molecule has 0 aliphatic heterocycles. The highest BCUT2D eigenvalue weighted by Gasteiger charge is 2.15. The number of carbonyl (C=O) groups excluding carboxylic acids is 1. The van der Waals surface area contributed by atoms with Crippen LogP contribution in [0.3, 0.4) is 0 Å². The quantitative estimate of drug-likeness (QED) is 0.846. The van der Waals surface area contributed by atoms with E-state index >= 15 is 0 Å². The van der Waals surface area contributed by atoms with Gasteiger partial charge in [0, 0.05) is 25.3 Å². The number of hydrogen-bond donors (Lipinski definition) is 1. The third kappa shape index (κ3) is 5.34. The molecule has 24 heavy (non-hydrogen) atoms. The minimum absolute atomic E-state index is 0.0703. The molecule has 2 aromatic rings. The summed E-state index contributed by atoms with van der Waals surface area (Å²) in [5, 5.41) is 10.7. The summed E-state index contributed by atoms with van der Waals surface area (Å²) in [5.74, 6) is 0.424. The van der Waals surface area contributed by atoms with Crippen LogP contribution in [-0.2, 0) is 0 Å². The van der Waals surface area contributed by atoms with Gasteiger partial charge in [0.25, 0.3) is 0 Å². The third-order valence-corrected chi connectivity index (χ3v) is 3.50. The van der Waals surface area contributed by atoms with E-state index in [1.807, 2.05) is 43.3 Å². The molecule has 1 aromatic carbocycles. The van der Waals surface area contributed by atoms with E-state index in [0.29, 0.717) is 12.5 Å². The summed E-state index contributed by atoms with van der Waals surface area (Å²) in [6.07, 6.45) is 3.41. The molecule has 0 spiro atoms. The van der Waals surface area contributed by atoms with Crippen molar-refractivity contribution in [2.24, 2.45) is 5.92 Å². The second kappa shape index (κ2) is 8.44. The minimum atomic E-state index is -0.0703. The van der Waals surface area contributed by atoms with Gasteiger partial charge >= 0.3 is 6.03 Å². The number of rotatable bonds is 7. The Morgan fingerprint density at radius 3 is 2.46 bits per heavy atom. The summed E-state index contributed by atoms with van der Waals surface area (Å²) in [7, 11) is 4.02. The van der Waals surface area contributed by atoms with E-state index < -0.39 is 0 Å². The molecule has 1 heterocycles. The van der Waals surface area contributed by atoms with E-state index in [0.717, 1.165) is 24.5 Å². The Kier molecular flexibility index (Phi) is 6.31. The zero-order valence-corrected chi connectivity index (χ0v) is 14.8. The van der Waals surface area contributed by atoms with Crippen molar-refractivity contribution in [1.29, 1.82) is 0 Å². The molecule has 0 saturated carbocycles. The van der Waals surface area contributed by atoms with E-state index in [1.54, 1.807) is 17.1 Å². The predicted molar refractivity (Wildman–Crippen MR) is 95.3 cm³/mol. The second-order valence-electron chi connectivity index (χ2n) is 6.47. The molecule has 2 rings (SSSR count). The molecule has 1 aromatic heterocycles. The van der Waals surface area contributed by atoms with Crippen LogP contribution in [0.4, 0.5) is 10.5 Å². The predicted octanol–water partition coefficient (Wildman–Crippen LogP) is 2.32. The first-order valence-corrected chi connectivity index (χ1v) is 8.13. The van der Waals surface area contributed by atoms with Crippen molar-refractivity contribution in [2.45, 2.75) is 13.8 Å². The summed E-state index contributed by atoms with van der Waals surface area (Å²) in [6, 6.07) is 7.47. The lowest BCUT2D eigenvalue weighted by atomic mass is 10.2. The van der Waals surface area contributed by atoms with Crippen LogP contribution < -0.4 is 5.32 Å². The van der Waals surface area contributed by atoms with Crippen molar-refractivity contribution in [3.05, 3.63) is 36.7 Å². The largest absolute Gasteiger partial charge is 0.323 e. The Hall–Kier alpha value is -2.41. The van der Waals surface area contributed by atoms with Gasteiger partial charge in [-0.15, -0.1) is 5.10 Å². The highest BCUT2D eigenvalue weighted by molar-refractivity contribution is 5.89. The molecule has 0 saturated heterocycles. The summed E-state index contributed by atoms with van der Waals surface area (Å²) >= 11 is 0. The lowest BCUT2D eigenvalue weighted by Crippen LogP contribution is -2.41. The highest BCUT2D eigenvalue weighted by Crippen LogP contribution is 2.13. The van der Waals surface area contributed by atoms with Crippen molar-refractivity contribution in [2.75, 3.05) is 39.0 Å². The molecular weight excluding hydrogens is 304 g/mol. The van der Waals surface area contributed by atoms with Crippen molar-refractivity contribution in [3.63, 3.8) is 0 Å². The Balaban J connectivity index is 1.99. The number of benzene rings is 1. The van der Waals surface area contributed by atoms with Crippen LogP contribution in [0.25, 0.3) is 5.69 Å². The molecule has 0 fully saturated rings. The maximum Gasteiger partial charge on any atom is 0.321 e. The first kappa shape index (κ1) is 17.9. The molecule has 0 bridgehead atoms. The van der Waals surface area contributed by atoms with E-state index in [2.05, 4.69) is 34.4 Å². The van der Waals surface area contributed by atoms with Gasteiger partial charge in [-0.25, -0.2) is 9.48 Å². The maximum absolute atomic E-state index is 12.5. The highest BCUT2D eigenvalue weighted by atomic mass is 16.2. The first-order chi connectivity index (χ1) is 11.5. The molecule has 0 aliphatic rings. The van der Waals surface area contributed by atoms with Gasteiger partial charge in [-0.05, 0) is 44.3 Å². The topological polar surface area (TPSA) is 66.3 Å². The van der Waals surface area contributed by atoms with Crippen molar-refractivity contribution >= 4 is 11.7 Å². The molecular formula is C17H26N6O. The zero-order valence-electron chi connectivity index (χ0n) is 14.8. The lowest BCUT2D eigenvalue weighted by molar-refractivity contribution is 0.197. The number of hydrogen-bond acceptors (Lipinski definition) is 4. The maximum atomic E-state index is 12.5. The van der Waals surface area contributed by atoms with Crippen molar-refractivity contribution < 1.29 is 4.79 Å². The summed E-state index contributed by atoms with van der Waals surface area (Å²) in [4.78, 5) is 16.5. The lowest BCUT2D eigenvalue weighted by Gasteiger charge is -2.26. The molecule has 2 amide bonds. The molecule has 130 valence electrons. The van der Waals surface area contributed by atoms with Crippen LogP contribution in [0.15, 0.2) is 36.7 Å². The van der Waals surface area contributed by atoms with Crippen LogP contribution in [0.2, 0.25) is 0 Å². The Labute approximate surface area is 143 Å². The third-order valence-electron chi connectivity index (χ3n) is 3.50. The molecule has 0 aliphatic carbocycles. The number of likely N-dealkylation sites (N-methyl/N-ethyl adjacent to an activating group) is 1. The van der Waals surface area contributed by atoms with Gasteiger partial charge in [-0.3, -0.25) is 0 Å². The van der Waals surface area contributed by atoms with Gasteiger partial charge in [-0.1, -0.05) is 19.1 Å². The van der Waals surface area contributed by atoms with Crippen molar-refractivity contribution in [1.82, 2.24) is 24.8 Å². The van der Waals surface area contributed by atoms with Crippen LogP contribution in [0.1, 0.15) is 13.8 Å². The standard InChI is InChI=1S/C17H26N6O/c1-14(2)13-22(12-11-21(3)4)17(24)19-15-5-7-16(8-6-15)23-10-9-18-20-23/h5-10,14H,11-13H2,1-4H3,(H,19,24). The fourth-order valence-corrected chi connectivity index (χ4v) is 2.28. The van der Waals surface area contributed by atoms with Gasteiger partial charge < -0.3 is 15.1 Å². The number of nitrogens with one attached hydrogen (secondary N) is 1. The number of urea groups is 1. The van der Waals surface area contributed by atoms with Crippen LogP contribution >= 0.6 is 0 Å². The first-order valence-electron chi connectivity index (χ1n) is 8.13. The van der Waals surface area contributed by atoms with E-state index in [4.69, 9.17) is 0 Å². The zero-order chi connectivity index (χ0) is 17.5. The van der Waals surface area contributed by atoms with Gasteiger partial charge in [0.15, 0.2) is 0 Å². The van der Waals surface area contributed by atoms with E-state index in [1.165, 1.54) is 0 Å². The molecule has 0 atom stereocenters. The van der Waals surface area contributed by atoms with Gasteiger partial charge in [0.2, 0.25) is 0 Å². The van der Waals surface area contributed by atoms with Crippen LogP contribution in [0.5, 0.6) is 0 Å².